The summed E-state index contributed by atoms with van der Waals surface area (Å²) >= 11 is 0. The van der Waals surface area contributed by atoms with Crippen LogP contribution in [0.1, 0.15) is 15.9 Å². The maximum absolute atomic E-state index is 13.6. The van der Waals surface area contributed by atoms with Crippen molar-refractivity contribution in [3.8, 4) is 0 Å². The Morgan fingerprint density at radius 3 is 2.19 bits per heavy atom. The van der Waals surface area contributed by atoms with Crippen LogP contribution in [0.25, 0.3) is 11.0 Å². The van der Waals surface area contributed by atoms with E-state index in [2.05, 4.69) is 5.32 Å². The molecule has 0 fully saturated rings. The number of anilines is 1. The molecule has 0 atom stereocenters. The van der Waals surface area contributed by atoms with Gasteiger partial charge < -0.3 is 5.32 Å². The number of amides is 1. The topological polar surface area (TPSA) is 90.2 Å². The highest BCUT2D eigenvalue weighted by Crippen LogP contribution is 2.32. The van der Waals surface area contributed by atoms with Crippen molar-refractivity contribution in [2.45, 2.75) is 16.7 Å². The van der Waals surface area contributed by atoms with Gasteiger partial charge in [0.1, 0.15) is 5.82 Å². The molecule has 0 saturated heterocycles. The van der Waals surface area contributed by atoms with Crippen LogP contribution in [-0.2, 0) is 23.9 Å². The summed E-state index contributed by atoms with van der Waals surface area (Å²) in [7, 11) is -0.955. The average molecular weight is 453 g/mol. The Hall–Kier alpha value is -3.72. The lowest BCUT2D eigenvalue weighted by molar-refractivity contribution is 0.102. The highest BCUT2D eigenvalue weighted by atomic mass is 32.2. The number of carbonyl (C=O) groups is 1. The Kier molecular flexibility index (Phi) is 5.21. The summed E-state index contributed by atoms with van der Waals surface area (Å²) < 4.78 is 43.2. The number of carbonyl (C=O) groups excluding carboxylic acids is 1. The van der Waals surface area contributed by atoms with Crippen LogP contribution < -0.4 is 11.0 Å². The van der Waals surface area contributed by atoms with Crippen molar-refractivity contribution in [2.75, 3.05) is 5.32 Å². The molecule has 3 aromatic carbocycles. The van der Waals surface area contributed by atoms with E-state index in [-0.39, 0.29) is 26.7 Å². The third-order valence-corrected chi connectivity index (χ3v) is 7.14. The van der Waals surface area contributed by atoms with Crippen molar-refractivity contribution < 1.29 is 17.6 Å². The molecule has 32 heavy (non-hydrogen) atoms. The first-order chi connectivity index (χ1) is 15.1. The molecule has 1 N–H and O–H groups in total. The Morgan fingerprint density at radius 2 is 1.56 bits per heavy atom. The molecule has 164 valence electrons. The molecule has 0 aliphatic carbocycles. The lowest BCUT2D eigenvalue weighted by Crippen LogP contribution is -2.19. The number of sulfone groups is 1. The van der Waals surface area contributed by atoms with Crippen LogP contribution in [0.2, 0.25) is 0 Å². The molecule has 0 spiro atoms. The van der Waals surface area contributed by atoms with Gasteiger partial charge in [-0.3, -0.25) is 13.9 Å². The zero-order valence-electron chi connectivity index (χ0n) is 17.6. The molecule has 9 heteroatoms. The number of aryl methyl sites for hydroxylation is 3. The van der Waals surface area contributed by atoms with Crippen LogP contribution in [0.15, 0.2) is 75.2 Å². The Labute approximate surface area is 183 Å². The minimum atomic E-state index is -4.05. The fraction of sp³-hybridized carbons (Fsp3) is 0.130. The summed E-state index contributed by atoms with van der Waals surface area (Å²) in [6.45, 7) is 1.84. The largest absolute Gasteiger partial charge is 0.328 e. The number of hydrogen-bond acceptors (Lipinski definition) is 4. The standard InChI is InChI=1S/C23H20FN3O4S/c1-14-7-9-17(10-8-14)32(30,31)21-13-20-19(26(2)23(29)27(20)3)12-18(21)25-22(28)15-5-4-6-16(24)11-15/h4-13H,1-3H3,(H,25,28). The van der Waals surface area contributed by atoms with Crippen molar-refractivity contribution in [1.29, 1.82) is 0 Å². The lowest BCUT2D eigenvalue weighted by Gasteiger charge is -2.14. The number of aromatic nitrogens is 2. The van der Waals surface area contributed by atoms with E-state index < -0.39 is 21.6 Å². The van der Waals surface area contributed by atoms with E-state index in [1.165, 1.54) is 58.6 Å². The number of benzene rings is 3. The predicted octanol–water partition coefficient (Wildman–Crippen LogP) is 3.41. The number of rotatable bonds is 4. The zero-order chi connectivity index (χ0) is 23.2. The molecule has 0 aliphatic heterocycles. The molecular formula is C23H20FN3O4S. The summed E-state index contributed by atoms with van der Waals surface area (Å²) in [6, 6.07) is 14.2. The first kappa shape index (κ1) is 21.5. The maximum Gasteiger partial charge on any atom is 0.328 e. The van der Waals surface area contributed by atoms with E-state index in [9.17, 15) is 22.4 Å². The van der Waals surface area contributed by atoms with Gasteiger partial charge in [-0.1, -0.05) is 23.8 Å². The first-order valence-electron chi connectivity index (χ1n) is 9.68. The van der Waals surface area contributed by atoms with Gasteiger partial charge in [-0.05, 0) is 49.4 Å². The summed E-state index contributed by atoms with van der Waals surface area (Å²) in [6.07, 6.45) is 0. The van der Waals surface area contributed by atoms with E-state index in [1.54, 1.807) is 19.2 Å². The highest BCUT2D eigenvalue weighted by Gasteiger charge is 2.25. The van der Waals surface area contributed by atoms with E-state index in [4.69, 9.17) is 0 Å². The van der Waals surface area contributed by atoms with Crippen molar-refractivity contribution in [3.05, 3.63) is 88.1 Å². The fourth-order valence-corrected chi connectivity index (χ4v) is 4.93. The monoisotopic (exact) mass is 453 g/mol. The molecule has 0 bridgehead atoms. The van der Waals surface area contributed by atoms with Gasteiger partial charge in [0.2, 0.25) is 9.84 Å². The van der Waals surface area contributed by atoms with Gasteiger partial charge in [-0.15, -0.1) is 0 Å². The van der Waals surface area contributed by atoms with E-state index in [1.807, 2.05) is 6.92 Å². The van der Waals surface area contributed by atoms with Crippen molar-refractivity contribution in [1.82, 2.24) is 9.13 Å². The minimum Gasteiger partial charge on any atom is -0.321 e. The number of halogens is 1. The van der Waals surface area contributed by atoms with Gasteiger partial charge in [0.25, 0.3) is 5.91 Å². The third kappa shape index (κ3) is 3.60. The molecule has 1 amide bonds. The van der Waals surface area contributed by atoms with Gasteiger partial charge in [0.15, 0.2) is 0 Å². The molecule has 1 heterocycles. The van der Waals surface area contributed by atoms with Crippen LogP contribution in [0.4, 0.5) is 10.1 Å². The second-order valence-corrected chi connectivity index (χ2v) is 9.44. The highest BCUT2D eigenvalue weighted by molar-refractivity contribution is 7.91. The summed E-state index contributed by atoms with van der Waals surface area (Å²) in [5.74, 6) is -1.27. The Balaban J connectivity index is 1.94. The van der Waals surface area contributed by atoms with Crippen LogP contribution in [0, 0.1) is 12.7 Å². The number of nitrogens with one attached hydrogen (secondary N) is 1. The zero-order valence-corrected chi connectivity index (χ0v) is 18.4. The van der Waals surface area contributed by atoms with Gasteiger partial charge >= 0.3 is 5.69 Å². The van der Waals surface area contributed by atoms with Crippen LogP contribution in [0.5, 0.6) is 0 Å². The molecule has 0 radical (unpaired) electrons. The van der Waals surface area contributed by atoms with Crippen molar-refractivity contribution in [2.24, 2.45) is 14.1 Å². The lowest BCUT2D eigenvalue weighted by atomic mass is 10.2. The number of imidazole rings is 1. The van der Waals surface area contributed by atoms with Crippen molar-refractivity contribution in [3.63, 3.8) is 0 Å². The molecule has 0 aliphatic rings. The molecule has 1 aromatic heterocycles. The van der Waals surface area contributed by atoms with E-state index in [0.717, 1.165) is 11.6 Å². The van der Waals surface area contributed by atoms with Gasteiger partial charge in [-0.2, -0.15) is 0 Å². The quantitative estimate of drug-likeness (QED) is 0.513. The summed E-state index contributed by atoms with van der Waals surface area (Å²) in [5, 5.41) is 2.58. The molecule has 7 nitrogen and oxygen atoms in total. The Morgan fingerprint density at radius 1 is 0.938 bits per heavy atom. The van der Waals surface area contributed by atoms with E-state index in [0.29, 0.717) is 11.0 Å². The molecular weight excluding hydrogens is 433 g/mol. The third-order valence-electron chi connectivity index (χ3n) is 5.33. The summed E-state index contributed by atoms with van der Waals surface area (Å²) in [4.78, 5) is 25.0. The maximum atomic E-state index is 13.6. The summed E-state index contributed by atoms with van der Waals surface area (Å²) in [5.41, 5.74) is 1.41. The van der Waals surface area contributed by atoms with E-state index >= 15 is 0 Å². The van der Waals surface area contributed by atoms with Crippen LogP contribution in [-0.4, -0.2) is 23.5 Å². The average Bonchev–Trinajstić information content (AvgIpc) is 2.97. The second kappa shape index (κ2) is 7.76. The fourth-order valence-electron chi connectivity index (χ4n) is 3.51. The van der Waals surface area contributed by atoms with Crippen LogP contribution in [0.3, 0.4) is 0 Å². The second-order valence-electron chi connectivity index (χ2n) is 7.52. The van der Waals surface area contributed by atoms with Gasteiger partial charge in [0.05, 0.1) is 26.5 Å². The Bertz CT molecular complexity index is 1530. The van der Waals surface area contributed by atoms with Gasteiger partial charge in [-0.25, -0.2) is 17.6 Å². The van der Waals surface area contributed by atoms with Crippen LogP contribution >= 0.6 is 0 Å². The number of hydrogen-bond donors (Lipinski definition) is 1. The van der Waals surface area contributed by atoms with Gasteiger partial charge in [0, 0.05) is 19.7 Å². The predicted molar refractivity (Wildman–Crippen MR) is 119 cm³/mol. The molecule has 0 unspecified atom stereocenters. The first-order valence-corrected chi connectivity index (χ1v) is 11.2. The number of fused-ring (bicyclic) bond motifs is 1. The number of nitrogens with zero attached hydrogens (tertiary/aromatic N) is 2. The SMILES string of the molecule is Cc1ccc(S(=O)(=O)c2cc3c(cc2NC(=O)c2cccc(F)c2)n(C)c(=O)n3C)cc1. The molecule has 0 saturated carbocycles. The minimum absolute atomic E-state index is 0.00598. The normalized spacial score (nSPS) is 11.6. The molecule has 4 rings (SSSR count). The molecule has 4 aromatic rings. The van der Waals surface area contributed by atoms with Crippen molar-refractivity contribution >= 4 is 32.5 Å². The smallest absolute Gasteiger partial charge is 0.321 e.